The van der Waals surface area contributed by atoms with Crippen LogP contribution in [0.3, 0.4) is 0 Å². The van der Waals surface area contributed by atoms with E-state index in [0.717, 1.165) is 19.3 Å². The molecule has 0 aromatic rings. The molecule has 4 nitrogen and oxygen atoms in total. The molecule has 3 atom stereocenters. The van der Waals surface area contributed by atoms with Crippen LogP contribution in [0.15, 0.2) is 0 Å². The molecule has 0 spiro atoms. The van der Waals surface area contributed by atoms with E-state index in [9.17, 15) is 4.79 Å². The molecule has 0 heterocycles. The first-order valence-electron chi connectivity index (χ1n) is 5.95. The number of carboxylic acid groups (broad SMARTS) is 1. The fourth-order valence-corrected chi connectivity index (χ4v) is 1.72. The average Bonchev–Trinajstić information content (AvgIpc) is 2.17. The molecule has 0 bridgehead atoms. The summed E-state index contributed by atoms with van der Waals surface area (Å²) < 4.78 is 5.04. The van der Waals surface area contributed by atoms with Gasteiger partial charge in [-0.2, -0.15) is 0 Å². The first kappa shape index (κ1) is 15.4. The van der Waals surface area contributed by atoms with E-state index < -0.39 is 5.97 Å². The summed E-state index contributed by atoms with van der Waals surface area (Å²) in [5.74, 6) is -0.933. The molecule has 0 aliphatic rings. The Hall–Kier alpha value is -0.610. The summed E-state index contributed by atoms with van der Waals surface area (Å²) in [6.45, 7) is 6.67. The Morgan fingerprint density at radius 2 is 1.88 bits per heavy atom. The molecule has 2 N–H and O–H groups in total. The van der Waals surface area contributed by atoms with Crippen molar-refractivity contribution < 1.29 is 14.6 Å². The Morgan fingerprint density at radius 1 is 1.25 bits per heavy atom. The van der Waals surface area contributed by atoms with Crippen LogP contribution >= 0.6 is 0 Å². The number of methoxy groups -OCH3 is 1. The first-order chi connectivity index (χ1) is 7.47. The molecule has 4 heteroatoms. The monoisotopic (exact) mass is 231 g/mol. The van der Waals surface area contributed by atoms with Crippen molar-refractivity contribution in [3.63, 3.8) is 0 Å². The second-order valence-corrected chi connectivity index (χ2v) is 4.59. The lowest BCUT2D eigenvalue weighted by molar-refractivity contribution is -0.141. The molecule has 3 unspecified atom stereocenters. The third kappa shape index (κ3) is 7.65. The number of nitrogens with one attached hydrogen (secondary N) is 1. The summed E-state index contributed by atoms with van der Waals surface area (Å²) in [6.07, 6.45) is 2.70. The highest BCUT2D eigenvalue weighted by Gasteiger charge is 2.12. The molecular formula is C12H25NO3. The predicted octanol–water partition coefficient (Wildman–Crippen LogP) is 1.89. The average molecular weight is 231 g/mol. The SMILES string of the molecule is COCC(C)NC(C)CCCC(C)C(=O)O. The number of carbonyl (C=O) groups is 1. The van der Waals surface area contributed by atoms with Gasteiger partial charge in [0.1, 0.15) is 0 Å². The second kappa shape index (κ2) is 8.53. The van der Waals surface area contributed by atoms with Crippen LogP contribution < -0.4 is 5.32 Å². The van der Waals surface area contributed by atoms with Gasteiger partial charge in [-0.3, -0.25) is 4.79 Å². The molecule has 0 saturated carbocycles. The summed E-state index contributed by atoms with van der Waals surface area (Å²) in [5, 5.41) is 12.1. The third-order valence-electron chi connectivity index (χ3n) is 2.68. The highest BCUT2D eigenvalue weighted by Crippen LogP contribution is 2.09. The van der Waals surface area contributed by atoms with Gasteiger partial charge in [-0.05, 0) is 26.7 Å². The van der Waals surface area contributed by atoms with Gasteiger partial charge in [-0.25, -0.2) is 0 Å². The van der Waals surface area contributed by atoms with Gasteiger partial charge in [0.2, 0.25) is 0 Å². The van der Waals surface area contributed by atoms with Crippen LogP contribution in [0.1, 0.15) is 40.0 Å². The van der Waals surface area contributed by atoms with Crippen molar-refractivity contribution in [2.45, 2.75) is 52.1 Å². The van der Waals surface area contributed by atoms with Gasteiger partial charge in [-0.1, -0.05) is 13.3 Å². The molecular weight excluding hydrogens is 206 g/mol. The van der Waals surface area contributed by atoms with E-state index in [4.69, 9.17) is 9.84 Å². The van der Waals surface area contributed by atoms with E-state index in [1.165, 1.54) is 0 Å². The number of rotatable bonds is 9. The smallest absolute Gasteiger partial charge is 0.306 e. The molecule has 0 radical (unpaired) electrons. The quantitative estimate of drug-likeness (QED) is 0.636. The van der Waals surface area contributed by atoms with Gasteiger partial charge in [0.25, 0.3) is 0 Å². The van der Waals surface area contributed by atoms with Crippen molar-refractivity contribution >= 4 is 5.97 Å². The van der Waals surface area contributed by atoms with E-state index in [0.29, 0.717) is 18.7 Å². The zero-order valence-electron chi connectivity index (χ0n) is 10.8. The van der Waals surface area contributed by atoms with Gasteiger partial charge in [-0.15, -0.1) is 0 Å². The minimum atomic E-state index is -0.701. The number of hydrogen-bond donors (Lipinski definition) is 2. The Balaban J connectivity index is 3.57. The normalized spacial score (nSPS) is 16.8. The van der Waals surface area contributed by atoms with E-state index in [2.05, 4.69) is 19.2 Å². The molecule has 0 amide bonds. The number of carboxylic acids is 1. The molecule has 0 aromatic carbocycles. The van der Waals surface area contributed by atoms with Crippen LogP contribution in [0, 0.1) is 5.92 Å². The molecule has 0 aromatic heterocycles. The molecule has 16 heavy (non-hydrogen) atoms. The minimum Gasteiger partial charge on any atom is -0.481 e. The maximum atomic E-state index is 10.6. The highest BCUT2D eigenvalue weighted by atomic mass is 16.5. The van der Waals surface area contributed by atoms with E-state index >= 15 is 0 Å². The van der Waals surface area contributed by atoms with Crippen molar-refractivity contribution in [3.05, 3.63) is 0 Å². The van der Waals surface area contributed by atoms with Crippen LogP contribution in [0.25, 0.3) is 0 Å². The maximum Gasteiger partial charge on any atom is 0.306 e. The van der Waals surface area contributed by atoms with Crippen LogP contribution in [0.2, 0.25) is 0 Å². The fraction of sp³-hybridized carbons (Fsp3) is 0.917. The maximum absolute atomic E-state index is 10.6. The van der Waals surface area contributed by atoms with E-state index in [1.54, 1.807) is 14.0 Å². The molecule has 96 valence electrons. The highest BCUT2D eigenvalue weighted by molar-refractivity contribution is 5.69. The lowest BCUT2D eigenvalue weighted by Gasteiger charge is -2.19. The first-order valence-corrected chi connectivity index (χ1v) is 5.95. The lowest BCUT2D eigenvalue weighted by atomic mass is 10.0. The summed E-state index contributed by atoms with van der Waals surface area (Å²) in [7, 11) is 1.69. The van der Waals surface area contributed by atoms with Crippen LogP contribution in [0.5, 0.6) is 0 Å². The minimum absolute atomic E-state index is 0.233. The van der Waals surface area contributed by atoms with Crippen LogP contribution in [0.4, 0.5) is 0 Å². The topological polar surface area (TPSA) is 58.6 Å². The second-order valence-electron chi connectivity index (χ2n) is 4.59. The molecule has 0 rings (SSSR count). The van der Waals surface area contributed by atoms with Gasteiger partial charge in [0.15, 0.2) is 0 Å². The van der Waals surface area contributed by atoms with Crippen molar-refractivity contribution in [2.24, 2.45) is 5.92 Å². The Morgan fingerprint density at radius 3 is 2.38 bits per heavy atom. The number of ether oxygens (including phenoxy) is 1. The largest absolute Gasteiger partial charge is 0.481 e. The van der Waals surface area contributed by atoms with Crippen molar-refractivity contribution in [3.8, 4) is 0 Å². The summed E-state index contributed by atoms with van der Waals surface area (Å²) in [4.78, 5) is 10.6. The summed E-state index contributed by atoms with van der Waals surface area (Å²) in [6, 6.07) is 0.753. The third-order valence-corrected chi connectivity index (χ3v) is 2.68. The van der Waals surface area contributed by atoms with Gasteiger partial charge >= 0.3 is 5.97 Å². The molecule has 0 aliphatic carbocycles. The summed E-state index contributed by atoms with van der Waals surface area (Å²) in [5.41, 5.74) is 0. The Kier molecular flexibility index (Phi) is 8.21. The van der Waals surface area contributed by atoms with Crippen molar-refractivity contribution in [2.75, 3.05) is 13.7 Å². The van der Waals surface area contributed by atoms with Crippen molar-refractivity contribution in [1.82, 2.24) is 5.32 Å². The molecule has 0 aliphatic heterocycles. The van der Waals surface area contributed by atoms with Gasteiger partial charge < -0.3 is 15.2 Å². The fourth-order valence-electron chi connectivity index (χ4n) is 1.72. The zero-order chi connectivity index (χ0) is 12.6. The van der Waals surface area contributed by atoms with Crippen LogP contribution in [-0.4, -0.2) is 36.9 Å². The van der Waals surface area contributed by atoms with Crippen molar-refractivity contribution in [1.29, 1.82) is 0 Å². The Labute approximate surface area is 98.4 Å². The summed E-state index contributed by atoms with van der Waals surface area (Å²) >= 11 is 0. The number of aliphatic carboxylic acids is 1. The van der Waals surface area contributed by atoms with Crippen LogP contribution in [-0.2, 0) is 9.53 Å². The molecule has 0 fully saturated rings. The predicted molar refractivity (Wildman–Crippen MR) is 64.6 cm³/mol. The molecule has 0 saturated heterocycles. The van der Waals surface area contributed by atoms with E-state index in [1.807, 2.05) is 0 Å². The zero-order valence-corrected chi connectivity index (χ0v) is 10.8. The van der Waals surface area contributed by atoms with Gasteiger partial charge in [0.05, 0.1) is 12.5 Å². The van der Waals surface area contributed by atoms with Gasteiger partial charge in [0, 0.05) is 19.2 Å². The number of hydrogen-bond acceptors (Lipinski definition) is 3. The Bertz CT molecular complexity index is 197. The lowest BCUT2D eigenvalue weighted by Crippen LogP contribution is -2.37. The van der Waals surface area contributed by atoms with E-state index in [-0.39, 0.29) is 5.92 Å². The standard InChI is InChI=1S/C12H25NO3/c1-9(12(14)15)6-5-7-10(2)13-11(3)8-16-4/h9-11,13H,5-8H2,1-4H3,(H,14,15).